The number of benzene rings is 1. The molecule has 8 heteroatoms. The van der Waals surface area contributed by atoms with Crippen LogP contribution < -0.4 is 9.96 Å². The molecule has 0 aliphatic rings. The van der Waals surface area contributed by atoms with Gasteiger partial charge in [0.05, 0.1) is 11.0 Å². The number of nitro benzene ring substituents is 1. The monoisotopic (exact) mass is 251 g/mol. The van der Waals surface area contributed by atoms with Crippen LogP contribution in [-0.2, 0) is 9.45 Å². The number of esters is 1. The maximum Gasteiger partial charge on any atom is 0.396 e. The van der Waals surface area contributed by atoms with Crippen LogP contribution in [0.3, 0.4) is 0 Å². The average molecular weight is 251 g/mol. The van der Waals surface area contributed by atoms with Crippen molar-refractivity contribution < 1.29 is 19.1 Å². The summed E-state index contributed by atoms with van der Waals surface area (Å²) in [4.78, 5) is 21.4. The summed E-state index contributed by atoms with van der Waals surface area (Å²) in [6, 6.07) is 4.68. The van der Waals surface area contributed by atoms with Crippen LogP contribution in [0.1, 0.15) is 6.92 Å². The molecule has 0 amide bonds. The number of nitrogens with one attached hydrogen (secondary N) is 1. The van der Waals surface area contributed by atoms with Gasteiger partial charge in [0.15, 0.2) is 0 Å². The zero-order valence-electron chi connectivity index (χ0n) is 9.95. The highest BCUT2D eigenvalue weighted by molar-refractivity contribution is 6.24. The van der Waals surface area contributed by atoms with E-state index in [9.17, 15) is 14.9 Å². The van der Waals surface area contributed by atoms with Gasteiger partial charge in [-0.25, -0.2) is 4.79 Å². The van der Waals surface area contributed by atoms with Crippen LogP contribution in [0.5, 0.6) is 5.75 Å². The molecular formula is C10H12BN2O5. The first-order chi connectivity index (χ1) is 8.54. The number of non-ortho nitro benzene ring substituents is 1. The lowest BCUT2D eigenvalue weighted by Crippen LogP contribution is -2.39. The zero-order chi connectivity index (χ0) is 13.5. The normalized spacial score (nSPS) is 11.7. The van der Waals surface area contributed by atoms with Crippen LogP contribution in [0.15, 0.2) is 24.3 Å². The van der Waals surface area contributed by atoms with Crippen LogP contribution in [0.2, 0.25) is 0 Å². The van der Waals surface area contributed by atoms with Crippen molar-refractivity contribution in [3.8, 4) is 5.75 Å². The van der Waals surface area contributed by atoms with Crippen LogP contribution in [0.4, 0.5) is 5.69 Å². The molecule has 0 spiro atoms. The first kappa shape index (κ1) is 14.1. The molecular weight excluding hydrogens is 239 g/mol. The van der Waals surface area contributed by atoms with E-state index in [4.69, 9.17) is 4.74 Å². The van der Waals surface area contributed by atoms with Crippen molar-refractivity contribution in [1.29, 1.82) is 0 Å². The lowest BCUT2D eigenvalue weighted by molar-refractivity contribution is -0.384. The van der Waals surface area contributed by atoms with E-state index in [1.54, 1.807) is 6.92 Å². The Balaban J connectivity index is 2.56. The summed E-state index contributed by atoms with van der Waals surface area (Å²) < 4.78 is 9.64. The molecule has 1 N–H and O–H groups in total. The van der Waals surface area contributed by atoms with Crippen LogP contribution in [-0.4, -0.2) is 31.7 Å². The highest BCUT2D eigenvalue weighted by atomic mass is 16.6. The smallest absolute Gasteiger partial charge is 0.396 e. The minimum absolute atomic E-state index is 0.0614. The molecule has 0 aliphatic carbocycles. The van der Waals surface area contributed by atoms with Crippen LogP contribution in [0.25, 0.3) is 0 Å². The third-order valence-corrected chi connectivity index (χ3v) is 2.06. The third-order valence-electron chi connectivity index (χ3n) is 2.06. The van der Waals surface area contributed by atoms with Gasteiger partial charge in [-0.1, -0.05) is 0 Å². The van der Waals surface area contributed by atoms with E-state index in [0.29, 0.717) is 0 Å². The Labute approximate surface area is 105 Å². The summed E-state index contributed by atoms with van der Waals surface area (Å²) in [6.07, 6.45) is 0. The first-order valence-electron chi connectivity index (χ1n) is 5.11. The molecule has 1 aromatic carbocycles. The van der Waals surface area contributed by atoms with Crippen molar-refractivity contribution in [2.24, 2.45) is 0 Å². The van der Waals surface area contributed by atoms with Crippen molar-refractivity contribution in [3.05, 3.63) is 34.4 Å². The van der Waals surface area contributed by atoms with Gasteiger partial charge < -0.3 is 14.6 Å². The molecule has 1 atom stereocenters. The van der Waals surface area contributed by atoms with E-state index >= 15 is 0 Å². The molecule has 1 rings (SSSR count). The molecule has 0 fully saturated rings. The maximum absolute atomic E-state index is 11.5. The lowest BCUT2D eigenvalue weighted by atomic mass is 10.2. The Hall–Kier alpha value is -1.93. The van der Waals surface area contributed by atoms with Crippen molar-refractivity contribution in [1.82, 2.24) is 5.23 Å². The number of rotatable bonds is 6. The molecule has 0 bridgehead atoms. The van der Waals surface area contributed by atoms with Gasteiger partial charge in [0.25, 0.3) is 5.69 Å². The van der Waals surface area contributed by atoms with Crippen molar-refractivity contribution in [3.63, 3.8) is 0 Å². The third kappa shape index (κ3) is 4.15. The minimum Gasteiger partial charge on any atom is -0.427 e. The fraction of sp³-hybridized carbons (Fsp3) is 0.300. The second-order valence-electron chi connectivity index (χ2n) is 3.41. The highest BCUT2D eigenvalue weighted by Gasteiger charge is 2.15. The van der Waals surface area contributed by atoms with E-state index in [1.165, 1.54) is 39.0 Å². The Kier molecular flexibility index (Phi) is 5.28. The molecule has 0 saturated heterocycles. The quantitative estimate of drug-likeness (QED) is 0.262. The fourth-order valence-corrected chi connectivity index (χ4v) is 1.08. The highest BCUT2D eigenvalue weighted by Crippen LogP contribution is 2.17. The molecule has 95 valence electrons. The van der Waals surface area contributed by atoms with Gasteiger partial charge in [-0.05, 0) is 19.1 Å². The molecule has 18 heavy (non-hydrogen) atoms. The summed E-state index contributed by atoms with van der Waals surface area (Å²) in [7, 11) is 2.71. The predicted molar refractivity (Wildman–Crippen MR) is 64.1 cm³/mol. The van der Waals surface area contributed by atoms with Crippen LogP contribution >= 0.6 is 0 Å². The molecule has 7 nitrogen and oxygen atoms in total. The Bertz CT molecular complexity index is 423. The molecule has 1 radical (unpaired) electrons. The minimum atomic E-state index is -0.583. The number of nitrogens with zero attached hydrogens (tertiary/aromatic N) is 1. The number of hydrogen-bond donors (Lipinski definition) is 1. The summed E-state index contributed by atoms with van der Waals surface area (Å²) in [5.74, 6) is -0.270. The van der Waals surface area contributed by atoms with Gasteiger partial charge in [-0.3, -0.25) is 10.1 Å². The summed E-state index contributed by atoms with van der Waals surface area (Å²) >= 11 is 0. The Morgan fingerprint density at radius 3 is 2.56 bits per heavy atom. The van der Waals surface area contributed by atoms with Crippen molar-refractivity contribution >= 4 is 19.3 Å². The van der Waals surface area contributed by atoms with Gasteiger partial charge in [-0.15, -0.1) is 0 Å². The zero-order valence-corrected chi connectivity index (χ0v) is 9.95. The lowest BCUT2D eigenvalue weighted by Gasteiger charge is -2.11. The Morgan fingerprint density at radius 2 is 2.06 bits per heavy atom. The summed E-state index contributed by atoms with van der Waals surface area (Å²) in [6.45, 7) is 1.60. The van der Waals surface area contributed by atoms with E-state index in [2.05, 4.69) is 9.88 Å². The standard InChI is InChI=1S/C10H12BN2O5/c1-7(12-11-17-2)10(14)18-9-5-3-8(4-6-9)13(15)16/h3-7,12H,1-2H3/t7-/m0/s1. The van der Waals surface area contributed by atoms with Gasteiger partial charge >= 0.3 is 13.6 Å². The molecule has 0 heterocycles. The molecule has 0 unspecified atom stereocenters. The van der Waals surface area contributed by atoms with Gasteiger partial charge in [-0.2, -0.15) is 0 Å². The van der Waals surface area contributed by atoms with Gasteiger partial charge in [0, 0.05) is 19.2 Å². The van der Waals surface area contributed by atoms with E-state index in [-0.39, 0.29) is 11.4 Å². The summed E-state index contributed by atoms with van der Waals surface area (Å²) in [5, 5.41) is 13.1. The maximum atomic E-state index is 11.5. The van der Waals surface area contributed by atoms with Gasteiger partial charge in [0.1, 0.15) is 5.75 Å². The molecule has 0 aliphatic heterocycles. The molecule has 1 aromatic rings. The van der Waals surface area contributed by atoms with E-state index < -0.39 is 16.9 Å². The number of carbonyl (C=O) groups is 1. The van der Waals surface area contributed by atoms with Crippen LogP contribution in [0, 0.1) is 10.1 Å². The number of ether oxygens (including phenoxy) is 1. The SMILES string of the molecule is CO[B]N[C@@H](C)C(=O)Oc1ccc([N+](=O)[O-])cc1. The summed E-state index contributed by atoms with van der Waals surface area (Å²) in [5.41, 5.74) is -0.0614. The largest absolute Gasteiger partial charge is 0.427 e. The first-order valence-corrected chi connectivity index (χ1v) is 5.11. The number of nitro groups is 1. The molecule has 0 saturated carbocycles. The second-order valence-corrected chi connectivity index (χ2v) is 3.41. The molecule has 0 aromatic heterocycles. The predicted octanol–water partition coefficient (Wildman–Crippen LogP) is 0.659. The van der Waals surface area contributed by atoms with E-state index in [0.717, 1.165) is 0 Å². The Morgan fingerprint density at radius 1 is 1.44 bits per heavy atom. The second kappa shape index (κ2) is 6.72. The van der Waals surface area contributed by atoms with E-state index in [1.807, 2.05) is 0 Å². The van der Waals surface area contributed by atoms with Gasteiger partial charge in [0.2, 0.25) is 0 Å². The number of hydrogen-bond acceptors (Lipinski definition) is 6. The van der Waals surface area contributed by atoms with Crippen molar-refractivity contribution in [2.45, 2.75) is 13.0 Å². The fourth-order valence-electron chi connectivity index (χ4n) is 1.08. The van der Waals surface area contributed by atoms with Crippen molar-refractivity contribution in [2.75, 3.05) is 7.11 Å². The topological polar surface area (TPSA) is 90.7 Å². The average Bonchev–Trinajstić information content (AvgIpc) is 2.36. The number of carbonyl (C=O) groups excluding carboxylic acids is 1.